The Morgan fingerprint density at radius 3 is 2.63 bits per heavy atom. The van der Waals surface area contributed by atoms with Crippen molar-refractivity contribution >= 4 is 49.5 Å². The number of alkyl halides is 3. The zero-order valence-corrected chi connectivity index (χ0v) is 23.2. The van der Waals surface area contributed by atoms with Crippen LogP contribution in [0.4, 0.5) is 35.4 Å². The van der Waals surface area contributed by atoms with Crippen LogP contribution in [-0.4, -0.2) is 55.2 Å². The van der Waals surface area contributed by atoms with E-state index in [1.807, 2.05) is 25.5 Å². The number of azo groups is 1. The van der Waals surface area contributed by atoms with Gasteiger partial charge in [0.25, 0.3) is 5.13 Å². The van der Waals surface area contributed by atoms with Crippen LogP contribution < -0.4 is 9.62 Å². The average molecular weight is 577 g/mol. The smallest absolute Gasteiger partial charge is 0.404 e. The van der Waals surface area contributed by atoms with Crippen LogP contribution in [0.25, 0.3) is 0 Å². The fourth-order valence-electron chi connectivity index (χ4n) is 4.21. The molecule has 0 fully saturated rings. The van der Waals surface area contributed by atoms with Crippen LogP contribution in [0.2, 0.25) is 0 Å². The lowest BCUT2D eigenvalue weighted by molar-refractivity contribution is -0.106. The van der Waals surface area contributed by atoms with Crippen molar-refractivity contribution in [2.24, 2.45) is 10.2 Å². The van der Waals surface area contributed by atoms with Gasteiger partial charge in [-0.2, -0.15) is 13.2 Å². The van der Waals surface area contributed by atoms with E-state index in [2.05, 4.69) is 32.2 Å². The molecule has 0 radical (unpaired) electrons. The number of hydrogen-bond donors (Lipinski definition) is 1. The molecule has 1 atom stereocenters. The van der Waals surface area contributed by atoms with Gasteiger partial charge in [0.2, 0.25) is 15.0 Å². The standard InChI is InChI=1S/C23H31F3N6O4S2/c1-5-7-10-36-21(33)20-28-30-22(37-20)29-27-17-11-15-8-9-16(6-2)32(14(3)4)19(15)12-18(17)31-38(34,35)13-23(24,25)26/h11-12,14,16,31H,5-10,13H2,1-4H3. The van der Waals surface area contributed by atoms with E-state index in [9.17, 15) is 26.4 Å². The van der Waals surface area contributed by atoms with Crippen LogP contribution in [0, 0.1) is 0 Å². The van der Waals surface area contributed by atoms with Crippen molar-refractivity contribution in [3.05, 3.63) is 22.7 Å². The van der Waals surface area contributed by atoms with Gasteiger partial charge in [-0.1, -0.05) is 31.6 Å². The van der Waals surface area contributed by atoms with Crippen molar-refractivity contribution < 1.29 is 31.1 Å². The topological polar surface area (TPSA) is 126 Å². The molecule has 0 amide bonds. The third kappa shape index (κ3) is 7.85. The van der Waals surface area contributed by atoms with Crippen LogP contribution in [0.1, 0.15) is 68.7 Å². The predicted molar refractivity (Wildman–Crippen MR) is 139 cm³/mol. The first-order valence-electron chi connectivity index (χ1n) is 12.3. The summed E-state index contributed by atoms with van der Waals surface area (Å²) in [5, 5.41) is 15.6. The van der Waals surface area contributed by atoms with Crippen LogP contribution in [-0.2, 0) is 21.2 Å². The molecule has 0 saturated carbocycles. The van der Waals surface area contributed by atoms with E-state index in [1.54, 1.807) is 6.07 Å². The molecular weight excluding hydrogens is 545 g/mol. The van der Waals surface area contributed by atoms with E-state index in [0.717, 1.165) is 41.9 Å². The number of carbonyl (C=O) groups is 1. The summed E-state index contributed by atoms with van der Waals surface area (Å²) in [4.78, 5) is 14.2. The highest BCUT2D eigenvalue weighted by atomic mass is 32.2. The number of aromatic nitrogens is 2. The van der Waals surface area contributed by atoms with Crippen LogP contribution in [0.15, 0.2) is 22.4 Å². The van der Waals surface area contributed by atoms with Gasteiger partial charge in [0.05, 0.1) is 12.3 Å². The Kier molecular flexibility index (Phi) is 9.68. The molecule has 0 saturated heterocycles. The lowest BCUT2D eigenvalue weighted by atomic mass is 9.92. The number of unbranched alkanes of at least 4 members (excludes halogenated alkanes) is 1. The average Bonchev–Trinajstić information content (AvgIpc) is 3.29. The fraction of sp³-hybridized carbons (Fsp3) is 0.609. The lowest BCUT2D eigenvalue weighted by Crippen LogP contribution is -2.43. The molecule has 3 rings (SSSR count). The molecule has 1 aromatic heterocycles. The minimum absolute atomic E-state index is 0.00381. The maximum atomic E-state index is 12.9. The summed E-state index contributed by atoms with van der Waals surface area (Å²) in [5.41, 5.74) is 1.49. The molecule has 0 bridgehead atoms. The number of nitrogens with one attached hydrogen (secondary N) is 1. The van der Waals surface area contributed by atoms with Crippen molar-refractivity contribution in [2.45, 2.75) is 78.1 Å². The number of fused-ring (bicyclic) bond motifs is 1. The van der Waals surface area contributed by atoms with E-state index in [-0.39, 0.29) is 40.2 Å². The van der Waals surface area contributed by atoms with E-state index in [0.29, 0.717) is 12.8 Å². The van der Waals surface area contributed by atoms with Gasteiger partial charge in [-0.15, -0.1) is 20.4 Å². The Morgan fingerprint density at radius 1 is 1.26 bits per heavy atom. The SMILES string of the molecule is CCCCOC(=O)c1nnc(N=Nc2cc3c(cc2NS(=O)(=O)CC(F)(F)F)N(C(C)C)C(CC)CC3)s1. The number of halogens is 3. The summed E-state index contributed by atoms with van der Waals surface area (Å²) < 4.78 is 70.5. The number of hydrogen-bond acceptors (Lipinski definition) is 10. The first-order valence-corrected chi connectivity index (χ1v) is 14.7. The molecular formula is C23H31F3N6O4S2. The Morgan fingerprint density at radius 2 is 2.00 bits per heavy atom. The second-order valence-electron chi connectivity index (χ2n) is 9.16. The molecule has 1 aromatic carbocycles. The number of ether oxygens (including phenoxy) is 1. The molecule has 1 aliphatic rings. The van der Waals surface area contributed by atoms with Crippen molar-refractivity contribution in [3.8, 4) is 0 Å². The molecule has 10 nitrogen and oxygen atoms in total. The zero-order chi connectivity index (χ0) is 28.1. The number of aryl methyl sites for hydroxylation is 1. The summed E-state index contributed by atoms with van der Waals surface area (Å²) in [6.45, 7) is 8.25. The summed E-state index contributed by atoms with van der Waals surface area (Å²) >= 11 is 0.829. The number of benzene rings is 1. The van der Waals surface area contributed by atoms with Crippen molar-refractivity contribution in [3.63, 3.8) is 0 Å². The van der Waals surface area contributed by atoms with E-state index in [4.69, 9.17) is 4.74 Å². The summed E-state index contributed by atoms with van der Waals surface area (Å²) in [6.07, 6.45) is -0.969. The third-order valence-corrected chi connectivity index (χ3v) is 7.85. The maximum absolute atomic E-state index is 12.9. The summed E-state index contributed by atoms with van der Waals surface area (Å²) in [7, 11) is -4.78. The largest absolute Gasteiger partial charge is 0.460 e. The van der Waals surface area contributed by atoms with Crippen molar-refractivity contribution in [2.75, 3.05) is 22.0 Å². The minimum atomic E-state index is -4.92. The second-order valence-corrected chi connectivity index (χ2v) is 11.8. The minimum Gasteiger partial charge on any atom is -0.460 e. The molecule has 1 aliphatic heterocycles. The summed E-state index contributed by atoms with van der Waals surface area (Å²) in [5.74, 6) is -2.69. The second kappa shape index (κ2) is 12.4. The van der Waals surface area contributed by atoms with Gasteiger partial charge in [-0.05, 0) is 57.2 Å². The number of rotatable bonds is 11. The van der Waals surface area contributed by atoms with E-state index >= 15 is 0 Å². The Bertz CT molecular complexity index is 1260. The third-order valence-electron chi connectivity index (χ3n) is 5.83. The van der Waals surface area contributed by atoms with Gasteiger partial charge in [0.1, 0.15) is 5.69 Å². The summed E-state index contributed by atoms with van der Waals surface area (Å²) in [6, 6.07) is 3.40. The first kappa shape index (κ1) is 29.7. The molecule has 0 spiro atoms. The lowest BCUT2D eigenvalue weighted by Gasteiger charge is -2.42. The van der Waals surface area contributed by atoms with Gasteiger partial charge < -0.3 is 9.64 Å². The van der Waals surface area contributed by atoms with Crippen LogP contribution in [0.5, 0.6) is 0 Å². The monoisotopic (exact) mass is 576 g/mol. The fourth-order valence-corrected chi connectivity index (χ4v) is 5.77. The number of sulfonamides is 1. The van der Waals surface area contributed by atoms with E-state index < -0.39 is 27.9 Å². The number of carbonyl (C=O) groups excluding carboxylic acids is 1. The van der Waals surface area contributed by atoms with Crippen LogP contribution in [0.3, 0.4) is 0 Å². The molecule has 2 aromatic rings. The molecule has 38 heavy (non-hydrogen) atoms. The highest BCUT2D eigenvalue weighted by molar-refractivity contribution is 7.92. The highest BCUT2D eigenvalue weighted by Gasteiger charge is 2.36. The van der Waals surface area contributed by atoms with Gasteiger partial charge in [-0.3, -0.25) is 4.72 Å². The molecule has 0 aliphatic carbocycles. The number of esters is 1. The molecule has 1 unspecified atom stereocenters. The van der Waals surface area contributed by atoms with Crippen LogP contribution >= 0.6 is 11.3 Å². The Hall–Kier alpha value is -2.81. The molecule has 210 valence electrons. The Labute approximate surface area is 223 Å². The normalized spacial score (nSPS) is 16.2. The van der Waals surface area contributed by atoms with Gasteiger partial charge in [-0.25, -0.2) is 13.2 Å². The number of anilines is 2. The number of nitrogens with zero attached hydrogens (tertiary/aromatic N) is 5. The maximum Gasteiger partial charge on any atom is 0.404 e. The highest BCUT2D eigenvalue weighted by Crippen LogP contribution is 2.41. The van der Waals surface area contributed by atoms with Gasteiger partial charge >= 0.3 is 12.1 Å². The van der Waals surface area contributed by atoms with Crippen molar-refractivity contribution in [1.82, 2.24) is 10.2 Å². The van der Waals surface area contributed by atoms with Gasteiger partial charge in [0, 0.05) is 17.8 Å². The first-order chi connectivity index (χ1) is 17.8. The quantitative estimate of drug-likeness (QED) is 0.193. The molecule has 15 heteroatoms. The molecule has 2 heterocycles. The zero-order valence-electron chi connectivity index (χ0n) is 21.6. The van der Waals surface area contributed by atoms with E-state index in [1.165, 1.54) is 6.07 Å². The molecule has 1 N–H and O–H groups in total. The predicted octanol–water partition coefficient (Wildman–Crippen LogP) is 6.15. The Balaban J connectivity index is 1.98. The van der Waals surface area contributed by atoms with Gasteiger partial charge in [0.15, 0.2) is 5.75 Å². The van der Waals surface area contributed by atoms with Crippen molar-refractivity contribution in [1.29, 1.82) is 0 Å².